The molecule has 0 unspecified atom stereocenters. The zero-order valence-electron chi connectivity index (χ0n) is 20.1. The summed E-state index contributed by atoms with van der Waals surface area (Å²) >= 11 is 0. The number of amides is 1. The van der Waals surface area contributed by atoms with Gasteiger partial charge in [0.1, 0.15) is 11.3 Å². The van der Waals surface area contributed by atoms with Crippen molar-refractivity contribution in [1.82, 2.24) is 4.57 Å². The molecule has 8 heteroatoms. The molecule has 8 nitrogen and oxygen atoms in total. The van der Waals surface area contributed by atoms with E-state index in [9.17, 15) is 14.4 Å². The number of hydrogen-bond acceptors (Lipinski definition) is 6. The summed E-state index contributed by atoms with van der Waals surface area (Å²) < 4.78 is 12.5. The van der Waals surface area contributed by atoms with Crippen LogP contribution in [-0.2, 0) is 16.1 Å². The lowest BCUT2D eigenvalue weighted by atomic mass is 10.1. The van der Waals surface area contributed by atoms with Crippen molar-refractivity contribution < 1.29 is 19.1 Å². The maximum Gasteiger partial charge on any atom is 0.343 e. The van der Waals surface area contributed by atoms with E-state index in [4.69, 9.17) is 9.47 Å². The van der Waals surface area contributed by atoms with E-state index < -0.39 is 11.4 Å². The lowest BCUT2D eigenvalue weighted by Gasteiger charge is -2.21. The van der Waals surface area contributed by atoms with E-state index in [2.05, 4.69) is 24.1 Å². The highest BCUT2D eigenvalue weighted by molar-refractivity contribution is 5.97. The molecule has 0 fully saturated rings. The van der Waals surface area contributed by atoms with Crippen molar-refractivity contribution in [3.05, 3.63) is 64.4 Å². The van der Waals surface area contributed by atoms with Crippen molar-refractivity contribution in [2.75, 3.05) is 36.5 Å². The van der Waals surface area contributed by atoms with Crippen LogP contribution in [0.4, 0.5) is 11.4 Å². The Morgan fingerprint density at radius 2 is 1.79 bits per heavy atom. The molecule has 3 rings (SSSR count). The Bertz CT molecular complexity index is 1230. The van der Waals surface area contributed by atoms with Crippen LogP contribution in [0.3, 0.4) is 0 Å². The molecule has 0 spiro atoms. The van der Waals surface area contributed by atoms with Gasteiger partial charge in [-0.15, -0.1) is 0 Å². The number of pyridine rings is 1. The quantitative estimate of drug-likeness (QED) is 0.454. The van der Waals surface area contributed by atoms with Gasteiger partial charge in [-0.2, -0.15) is 0 Å². The topological polar surface area (TPSA) is 89.9 Å². The zero-order chi connectivity index (χ0) is 24.7. The number of fused-ring (bicyclic) bond motifs is 1. The second-order valence-corrected chi connectivity index (χ2v) is 7.62. The monoisotopic (exact) mass is 465 g/mol. The average molecular weight is 466 g/mol. The number of anilines is 2. The summed E-state index contributed by atoms with van der Waals surface area (Å²) in [6.07, 6.45) is 1.51. The number of carbonyl (C=O) groups is 2. The molecular formula is C26H31N3O5. The summed E-state index contributed by atoms with van der Waals surface area (Å²) in [6, 6.07) is 12.6. The van der Waals surface area contributed by atoms with E-state index in [1.165, 1.54) is 6.20 Å². The molecule has 3 aromatic rings. The third-order valence-electron chi connectivity index (χ3n) is 5.52. The summed E-state index contributed by atoms with van der Waals surface area (Å²) in [5.41, 5.74) is 1.68. The third-order valence-corrected chi connectivity index (χ3v) is 5.52. The first-order valence-electron chi connectivity index (χ1n) is 11.5. The Hall–Kier alpha value is -3.81. The van der Waals surface area contributed by atoms with Gasteiger partial charge in [0, 0.05) is 48.7 Å². The van der Waals surface area contributed by atoms with Crippen LogP contribution in [0.1, 0.15) is 38.1 Å². The van der Waals surface area contributed by atoms with Crippen molar-refractivity contribution in [2.45, 2.75) is 34.2 Å². The van der Waals surface area contributed by atoms with Crippen molar-refractivity contribution in [2.24, 2.45) is 0 Å². The van der Waals surface area contributed by atoms with Crippen LogP contribution in [0.2, 0.25) is 0 Å². The van der Waals surface area contributed by atoms with Crippen LogP contribution in [0, 0.1) is 0 Å². The Morgan fingerprint density at radius 1 is 1.03 bits per heavy atom. The van der Waals surface area contributed by atoms with E-state index in [0.29, 0.717) is 28.9 Å². The molecule has 1 aromatic heterocycles. The fourth-order valence-electron chi connectivity index (χ4n) is 3.80. The minimum atomic E-state index is -0.661. The number of aryl methyl sites for hydroxylation is 1. The highest BCUT2D eigenvalue weighted by Crippen LogP contribution is 2.22. The fourth-order valence-corrected chi connectivity index (χ4v) is 3.80. The van der Waals surface area contributed by atoms with Gasteiger partial charge in [0.05, 0.1) is 12.1 Å². The van der Waals surface area contributed by atoms with Gasteiger partial charge in [-0.3, -0.25) is 9.59 Å². The summed E-state index contributed by atoms with van der Waals surface area (Å²) in [7, 11) is 0. The highest BCUT2D eigenvalue weighted by atomic mass is 16.5. The van der Waals surface area contributed by atoms with Crippen LogP contribution in [0.15, 0.2) is 53.5 Å². The predicted molar refractivity (Wildman–Crippen MR) is 134 cm³/mol. The van der Waals surface area contributed by atoms with Gasteiger partial charge < -0.3 is 24.3 Å². The van der Waals surface area contributed by atoms with E-state index in [-0.39, 0.29) is 24.7 Å². The molecule has 2 aromatic carbocycles. The third kappa shape index (κ3) is 5.57. The standard InChI is InChI=1S/C26H31N3O5/c1-5-28(6-2)19-10-9-11-20(15-19)34-17-24(30)27-18-12-13-23-21(14-18)25(31)22(16-29(23)7-3)26(32)33-8-4/h9-16H,5-8,17H2,1-4H3,(H,27,30). The first-order chi connectivity index (χ1) is 16.4. The van der Waals surface area contributed by atoms with Gasteiger partial charge in [0.25, 0.3) is 5.91 Å². The number of esters is 1. The molecular weight excluding hydrogens is 434 g/mol. The van der Waals surface area contributed by atoms with Gasteiger partial charge in [0.15, 0.2) is 6.61 Å². The second-order valence-electron chi connectivity index (χ2n) is 7.62. The minimum Gasteiger partial charge on any atom is -0.484 e. The first-order valence-corrected chi connectivity index (χ1v) is 11.5. The van der Waals surface area contributed by atoms with Gasteiger partial charge in [-0.05, 0) is 58.0 Å². The highest BCUT2D eigenvalue weighted by Gasteiger charge is 2.17. The number of benzene rings is 2. The smallest absolute Gasteiger partial charge is 0.343 e. The molecule has 0 atom stereocenters. The number of rotatable bonds is 10. The van der Waals surface area contributed by atoms with Crippen LogP contribution in [0.5, 0.6) is 5.75 Å². The lowest BCUT2D eigenvalue weighted by Crippen LogP contribution is -2.23. The van der Waals surface area contributed by atoms with E-state index in [0.717, 1.165) is 18.8 Å². The zero-order valence-corrected chi connectivity index (χ0v) is 20.1. The van der Waals surface area contributed by atoms with Gasteiger partial charge in [0.2, 0.25) is 5.43 Å². The molecule has 34 heavy (non-hydrogen) atoms. The van der Waals surface area contributed by atoms with Crippen LogP contribution < -0.4 is 20.4 Å². The molecule has 1 amide bonds. The predicted octanol–water partition coefficient (Wildman–Crippen LogP) is 4.06. The lowest BCUT2D eigenvalue weighted by molar-refractivity contribution is -0.118. The van der Waals surface area contributed by atoms with Crippen molar-refractivity contribution in [3.63, 3.8) is 0 Å². The number of nitrogens with one attached hydrogen (secondary N) is 1. The largest absolute Gasteiger partial charge is 0.484 e. The number of carbonyl (C=O) groups excluding carboxylic acids is 2. The molecule has 0 aliphatic rings. The van der Waals surface area contributed by atoms with Gasteiger partial charge in [-0.25, -0.2) is 4.79 Å². The summed E-state index contributed by atoms with van der Waals surface area (Å²) in [4.78, 5) is 39.9. The maximum atomic E-state index is 12.9. The first kappa shape index (κ1) is 24.8. The van der Waals surface area contributed by atoms with Gasteiger partial charge in [-0.1, -0.05) is 6.07 Å². The normalized spacial score (nSPS) is 10.7. The van der Waals surface area contributed by atoms with Gasteiger partial charge >= 0.3 is 5.97 Å². The molecule has 0 saturated heterocycles. The second kappa shape index (κ2) is 11.4. The van der Waals surface area contributed by atoms with Crippen molar-refractivity contribution in [1.29, 1.82) is 0 Å². The number of ether oxygens (including phenoxy) is 2. The summed E-state index contributed by atoms with van der Waals surface area (Å²) in [6.45, 7) is 10.1. The average Bonchev–Trinajstić information content (AvgIpc) is 2.84. The molecule has 0 aliphatic heterocycles. The van der Waals surface area contributed by atoms with Crippen molar-refractivity contribution >= 4 is 34.2 Å². The summed E-state index contributed by atoms with van der Waals surface area (Å²) in [5, 5.41) is 3.10. The Labute approximate surface area is 199 Å². The van der Waals surface area contributed by atoms with E-state index in [1.807, 2.05) is 25.1 Å². The number of hydrogen-bond donors (Lipinski definition) is 1. The molecule has 0 radical (unpaired) electrons. The molecule has 1 N–H and O–H groups in total. The molecule has 1 heterocycles. The minimum absolute atomic E-state index is 0.0314. The summed E-state index contributed by atoms with van der Waals surface area (Å²) in [5.74, 6) is -0.417. The Balaban J connectivity index is 1.78. The number of aromatic nitrogens is 1. The molecule has 0 bridgehead atoms. The van der Waals surface area contributed by atoms with Crippen LogP contribution in [0.25, 0.3) is 10.9 Å². The van der Waals surface area contributed by atoms with Crippen molar-refractivity contribution in [3.8, 4) is 5.75 Å². The fraction of sp³-hybridized carbons (Fsp3) is 0.346. The molecule has 0 saturated carbocycles. The number of nitrogens with zero attached hydrogens (tertiary/aromatic N) is 2. The molecule has 0 aliphatic carbocycles. The van der Waals surface area contributed by atoms with E-state index in [1.54, 1.807) is 35.8 Å². The van der Waals surface area contributed by atoms with E-state index >= 15 is 0 Å². The Kier molecular flexibility index (Phi) is 8.29. The maximum absolute atomic E-state index is 12.9. The molecule has 180 valence electrons. The SMILES string of the molecule is CCOC(=O)c1cn(CC)c2ccc(NC(=O)COc3cccc(N(CC)CC)c3)cc2c1=O. The Morgan fingerprint density at radius 3 is 2.47 bits per heavy atom. The van der Waals surface area contributed by atoms with Crippen LogP contribution in [-0.4, -0.2) is 42.7 Å². The van der Waals surface area contributed by atoms with Crippen LogP contribution >= 0.6 is 0 Å².